The zero-order chi connectivity index (χ0) is 26.6. The van der Waals surface area contributed by atoms with Crippen molar-refractivity contribution in [2.24, 2.45) is 5.73 Å². The van der Waals surface area contributed by atoms with E-state index in [1.165, 1.54) is 0 Å². The molecule has 3 aromatic carbocycles. The molecule has 0 radical (unpaired) electrons. The molecule has 0 aliphatic carbocycles. The first-order valence-electron chi connectivity index (χ1n) is 12.9. The predicted molar refractivity (Wildman–Crippen MR) is 160 cm³/mol. The average Bonchev–Trinajstić information content (AvgIpc) is 3.21. The van der Waals surface area contributed by atoms with Crippen molar-refractivity contribution in [3.05, 3.63) is 104 Å². The first-order chi connectivity index (χ1) is 18.5. The standard InChI is InChI=1S/C29H31Cl2N5OS/c30-23-18-25-26(19-24(23)31)36(29(37)35(25)15-7-14-32)22-12-16-34(17-13-22)28(38)33-27(20-8-3-1-4-9-20)21-10-5-2-6-11-21/h1-6,8-11,18-19,22,27H,7,12-17,32H2,(H,33,38). The number of aromatic nitrogens is 2. The highest BCUT2D eigenvalue weighted by atomic mass is 35.5. The summed E-state index contributed by atoms with van der Waals surface area (Å²) in [5, 5.41) is 5.20. The van der Waals surface area contributed by atoms with Gasteiger partial charge in [-0.2, -0.15) is 0 Å². The van der Waals surface area contributed by atoms with E-state index in [9.17, 15) is 4.79 Å². The molecule has 0 unspecified atom stereocenters. The number of nitrogens with zero attached hydrogens (tertiary/aromatic N) is 3. The third-order valence-electron chi connectivity index (χ3n) is 7.24. The number of aryl methyl sites for hydroxylation is 1. The Labute approximate surface area is 237 Å². The fraction of sp³-hybridized carbons (Fsp3) is 0.310. The van der Waals surface area contributed by atoms with Gasteiger partial charge in [-0.15, -0.1) is 0 Å². The second-order valence-electron chi connectivity index (χ2n) is 9.62. The molecule has 3 N–H and O–H groups in total. The maximum atomic E-state index is 13.5. The summed E-state index contributed by atoms with van der Waals surface area (Å²) in [5.41, 5.74) is 9.61. The number of benzene rings is 3. The van der Waals surface area contributed by atoms with Crippen molar-refractivity contribution < 1.29 is 0 Å². The van der Waals surface area contributed by atoms with E-state index in [1.807, 2.05) is 47.0 Å². The predicted octanol–water partition coefficient (Wildman–Crippen LogP) is 5.76. The van der Waals surface area contributed by atoms with Crippen molar-refractivity contribution in [3.8, 4) is 0 Å². The first-order valence-corrected chi connectivity index (χ1v) is 14.1. The van der Waals surface area contributed by atoms with Crippen LogP contribution < -0.4 is 16.7 Å². The lowest BCUT2D eigenvalue weighted by atomic mass is 9.99. The van der Waals surface area contributed by atoms with Gasteiger partial charge in [0.1, 0.15) is 0 Å². The van der Waals surface area contributed by atoms with Crippen molar-refractivity contribution in [3.63, 3.8) is 0 Å². The van der Waals surface area contributed by atoms with E-state index in [0.29, 0.717) is 34.7 Å². The van der Waals surface area contributed by atoms with Gasteiger partial charge >= 0.3 is 5.69 Å². The van der Waals surface area contributed by atoms with E-state index in [0.717, 1.165) is 48.1 Å². The smallest absolute Gasteiger partial charge is 0.329 e. The Bertz CT molecular complexity index is 1420. The van der Waals surface area contributed by atoms with Crippen LogP contribution in [0.15, 0.2) is 77.6 Å². The zero-order valence-electron chi connectivity index (χ0n) is 21.0. The topological polar surface area (TPSA) is 68.2 Å². The second-order valence-corrected chi connectivity index (χ2v) is 10.8. The first kappa shape index (κ1) is 26.8. The number of hydrogen-bond donors (Lipinski definition) is 2. The minimum Gasteiger partial charge on any atom is -0.352 e. The molecule has 198 valence electrons. The van der Waals surface area contributed by atoms with Crippen LogP contribution in [-0.2, 0) is 6.54 Å². The van der Waals surface area contributed by atoms with E-state index in [1.54, 1.807) is 10.6 Å². The molecule has 2 heterocycles. The summed E-state index contributed by atoms with van der Waals surface area (Å²) < 4.78 is 3.66. The molecule has 1 aliphatic rings. The fourth-order valence-electron chi connectivity index (χ4n) is 5.28. The Morgan fingerprint density at radius 1 is 0.947 bits per heavy atom. The highest BCUT2D eigenvalue weighted by Gasteiger charge is 2.28. The lowest BCUT2D eigenvalue weighted by molar-refractivity contribution is 0.262. The SMILES string of the molecule is NCCCn1c(=O)n(C2CCN(C(=S)NC(c3ccccc3)c3ccccc3)CC2)c2cc(Cl)c(Cl)cc21. The molecule has 0 spiro atoms. The van der Waals surface area contributed by atoms with Gasteiger partial charge in [0, 0.05) is 25.7 Å². The van der Waals surface area contributed by atoms with E-state index in [2.05, 4.69) is 34.5 Å². The summed E-state index contributed by atoms with van der Waals surface area (Å²) in [5.74, 6) is 0. The fourth-order valence-corrected chi connectivity index (χ4v) is 5.90. The van der Waals surface area contributed by atoms with Gasteiger partial charge in [0.05, 0.1) is 27.1 Å². The molecule has 1 aliphatic heterocycles. The molecule has 0 bridgehead atoms. The molecule has 38 heavy (non-hydrogen) atoms. The normalized spacial score (nSPS) is 14.4. The van der Waals surface area contributed by atoms with E-state index in [4.69, 9.17) is 41.2 Å². The molecule has 5 rings (SSSR count). The zero-order valence-corrected chi connectivity index (χ0v) is 23.4. The quantitative estimate of drug-likeness (QED) is 0.278. The highest BCUT2D eigenvalue weighted by Crippen LogP contribution is 2.32. The number of likely N-dealkylation sites (tertiary alicyclic amines) is 1. The van der Waals surface area contributed by atoms with Crippen molar-refractivity contribution in [1.29, 1.82) is 0 Å². The van der Waals surface area contributed by atoms with Crippen LogP contribution in [0.4, 0.5) is 0 Å². The van der Waals surface area contributed by atoms with Crippen LogP contribution in [0.25, 0.3) is 11.0 Å². The van der Waals surface area contributed by atoms with Gasteiger partial charge in [-0.1, -0.05) is 83.9 Å². The van der Waals surface area contributed by atoms with Gasteiger partial charge in [-0.3, -0.25) is 9.13 Å². The molecule has 1 aromatic heterocycles. The number of piperidine rings is 1. The highest BCUT2D eigenvalue weighted by molar-refractivity contribution is 7.80. The second kappa shape index (κ2) is 11.9. The molecular weight excluding hydrogens is 537 g/mol. The molecule has 0 amide bonds. The third kappa shape index (κ3) is 5.47. The number of thiocarbonyl (C=S) groups is 1. The molecule has 0 saturated carbocycles. The number of nitrogens with two attached hydrogens (primary N) is 1. The number of halogens is 2. The van der Waals surface area contributed by atoms with Gasteiger partial charge in [-0.25, -0.2) is 4.79 Å². The van der Waals surface area contributed by atoms with Crippen molar-refractivity contribution in [2.45, 2.75) is 37.9 Å². The molecule has 1 fully saturated rings. The monoisotopic (exact) mass is 567 g/mol. The van der Waals surface area contributed by atoms with Crippen molar-refractivity contribution in [2.75, 3.05) is 19.6 Å². The van der Waals surface area contributed by atoms with Gasteiger partial charge in [0.15, 0.2) is 5.11 Å². The Morgan fingerprint density at radius 3 is 2.05 bits per heavy atom. The van der Waals surface area contributed by atoms with E-state index >= 15 is 0 Å². The van der Waals surface area contributed by atoms with Gasteiger partial charge in [0.2, 0.25) is 0 Å². The van der Waals surface area contributed by atoms with Crippen molar-refractivity contribution in [1.82, 2.24) is 19.4 Å². The lowest BCUT2D eigenvalue weighted by Gasteiger charge is -2.36. The number of imidazole rings is 1. The molecule has 1 saturated heterocycles. The van der Waals surface area contributed by atoms with Gasteiger partial charge < -0.3 is 16.0 Å². The Hall–Kier alpha value is -2.84. The maximum absolute atomic E-state index is 13.5. The van der Waals surface area contributed by atoms with Crippen molar-refractivity contribution >= 4 is 51.6 Å². The van der Waals surface area contributed by atoms with Gasteiger partial charge in [0.25, 0.3) is 0 Å². The molecule has 9 heteroatoms. The summed E-state index contributed by atoms with van der Waals surface area (Å²) in [6.45, 7) is 2.55. The Kier molecular flexibility index (Phi) is 8.39. The molecule has 4 aromatic rings. The van der Waals surface area contributed by atoms with E-state index < -0.39 is 0 Å². The van der Waals surface area contributed by atoms with Crippen LogP contribution in [0.5, 0.6) is 0 Å². The molecule has 6 nitrogen and oxygen atoms in total. The minimum atomic E-state index is -0.0438. The Morgan fingerprint density at radius 2 is 1.50 bits per heavy atom. The number of hydrogen-bond acceptors (Lipinski definition) is 3. The number of fused-ring (bicyclic) bond motifs is 1. The van der Waals surface area contributed by atoms with Crippen LogP contribution in [0, 0.1) is 0 Å². The maximum Gasteiger partial charge on any atom is 0.329 e. The minimum absolute atomic E-state index is 0.0412. The van der Waals surface area contributed by atoms with Crippen LogP contribution in [0.1, 0.15) is 42.5 Å². The van der Waals surface area contributed by atoms with Gasteiger partial charge in [-0.05, 0) is 61.3 Å². The summed E-state index contributed by atoms with van der Waals surface area (Å²) in [4.78, 5) is 15.7. The number of nitrogens with one attached hydrogen (secondary N) is 1. The summed E-state index contributed by atoms with van der Waals surface area (Å²) in [7, 11) is 0. The van der Waals surface area contributed by atoms with Crippen LogP contribution in [0.2, 0.25) is 10.0 Å². The summed E-state index contributed by atoms with van der Waals surface area (Å²) in [6.07, 6.45) is 2.29. The summed E-state index contributed by atoms with van der Waals surface area (Å²) >= 11 is 18.6. The largest absolute Gasteiger partial charge is 0.352 e. The third-order valence-corrected chi connectivity index (χ3v) is 8.34. The average molecular weight is 569 g/mol. The van der Waals surface area contributed by atoms with Crippen LogP contribution >= 0.6 is 35.4 Å². The van der Waals surface area contributed by atoms with Crippen LogP contribution in [0.3, 0.4) is 0 Å². The molecule has 0 atom stereocenters. The number of rotatable bonds is 7. The lowest BCUT2D eigenvalue weighted by Crippen LogP contribution is -2.46. The van der Waals surface area contributed by atoms with Crippen LogP contribution in [-0.4, -0.2) is 38.8 Å². The Balaban J connectivity index is 1.35. The molecular formula is C29H31Cl2N5OS. The summed E-state index contributed by atoms with van der Waals surface area (Å²) in [6, 6.07) is 24.3. The van der Waals surface area contributed by atoms with E-state index in [-0.39, 0.29) is 17.8 Å².